The Morgan fingerprint density at radius 2 is 1.79 bits per heavy atom. The molecule has 0 saturated heterocycles. The summed E-state index contributed by atoms with van der Waals surface area (Å²) in [7, 11) is 0. The van der Waals surface area contributed by atoms with E-state index >= 15 is 0 Å². The van der Waals surface area contributed by atoms with Gasteiger partial charge in [0.1, 0.15) is 5.75 Å². The number of nitrogens with one attached hydrogen (secondary N) is 3. The number of aliphatic imine (C=N–C) groups is 1. The average molecular weight is 517 g/mol. The Hall–Kier alpha value is -2.00. The Morgan fingerprint density at radius 1 is 1.07 bits per heavy atom. The molecule has 0 radical (unpaired) electrons. The Morgan fingerprint density at radius 3 is 2.46 bits per heavy atom. The number of nitrogens with zero attached hydrogens (tertiary/aromatic N) is 1. The molecular formula is C20H26ClIN4O2. The number of phenols is 1. The van der Waals surface area contributed by atoms with Gasteiger partial charge < -0.3 is 21.1 Å². The number of hydrogen-bond donors (Lipinski definition) is 4. The zero-order chi connectivity index (χ0) is 19.5. The van der Waals surface area contributed by atoms with Crippen molar-refractivity contribution in [2.75, 3.05) is 26.2 Å². The second kappa shape index (κ2) is 13.2. The second-order valence-corrected chi connectivity index (χ2v) is 6.31. The Labute approximate surface area is 187 Å². The van der Waals surface area contributed by atoms with E-state index in [4.69, 9.17) is 11.6 Å². The van der Waals surface area contributed by atoms with Crippen LogP contribution in [0.5, 0.6) is 5.75 Å². The molecular weight excluding hydrogens is 491 g/mol. The van der Waals surface area contributed by atoms with E-state index in [0.717, 1.165) is 23.6 Å². The number of amides is 1. The number of halogens is 2. The lowest BCUT2D eigenvalue weighted by Crippen LogP contribution is -2.41. The van der Waals surface area contributed by atoms with E-state index in [-0.39, 0.29) is 35.6 Å². The van der Waals surface area contributed by atoms with Crippen molar-refractivity contribution in [3.05, 3.63) is 64.7 Å². The third-order valence-electron chi connectivity index (χ3n) is 3.74. The molecule has 0 bridgehead atoms. The SMILES string of the molecule is CCNC(=NCCc1cccc(Cl)c1)NCCNC(=O)c1ccc(O)cc1.I. The molecule has 0 atom stereocenters. The van der Waals surface area contributed by atoms with Crippen molar-refractivity contribution < 1.29 is 9.90 Å². The van der Waals surface area contributed by atoms with E-state index in [1.807, 2.05) is 31.2 Å². The summed E-state index contributed by atoms with van der Waals surface area (Å²) >= 11 is 5.99. The van der Waals surface area contributed by atoms with Gasteiger partial charge in [-0.3, -0.25) is 9.79 Å². The highest BCUT2D eigenvalue weighted by Crippen LogP contribution is 2.11. The maximum atomic E-state index is 12.0. The molecule has 8 heteroatoms. The minimum atomic E-state index is -0.181. The number of guanidine groups is 1. The third kappa shape index (κ3) is 8.79. The summed E-state index contributed by atoms with van der Waals surface area (Å²) < 4.78 is 0. The van der Waals surface area contributed by atoms with Crippen LogP contribution in [0, 0.1) is 0 Å². The Bertz CT molecular complexity index is 769. The summed E-state index contributed by atoms with van der Waals surface area (Å²) in [6, 6.07) is 13.9. The molecule has 0 unspecified atom stereocenters. The predicted molar refractivity (Wildman–Crippen MR) is 125 cm³/mol. The monoisotopic (exact) mass is 516 g/mol. The smallest absolute Gasteiger partial charge is 0.251 e. The van der Waals surface area contributed by atoms with Gasteiger partial charge in [0, 0.05) is 36.8 Å². The highest BCUT2D eigenvalue weighted by molar-refractivity contribution is 14.0. The van der Waals surface area contributed by atoms with Crippen LogP contribution in [0.3, 0.4) is 0 Å². The molecule has 152 valence electrons. The summed E-state index contributed by atoms with van der Waals surface area (Å²) in [5, 5.41) is 19.2. The summed E-state index contributed by atoms with van der Waals surface area (Å²) in [5.41, 5.74) is 1.65. The zero-order valence-electron chi connectivity index (χ0n) is 15.7. The van der Waals surface area contributed by atoms with Crippen LogP contribution in [0.2, 0.25) is 5.02 Å². The highest BCUT2D eigenvalue weighted by Gasteiger charge is 2.04. The normalized spacial score (nSPS) is 10.7. The lowest BCUT2D eigenvalue weighted by atomic mass is 10.1. The molecule has 28 heavy (non-hydrogen) atoms. The van der Waals surface area contributed by atoms with Gasteiger partial charge in [0.15, 0.2) is 5.96 Å². The van der Waals surface area contributed by atoms with E-state index in [1.54, 1.807) is 12.1 Å². The van der Waals surface area contributed by atoms with Crippen LogP contribution < -0.4 is 16.0 Å². The van der Waals surface area contributed by atoms with Gasteiger partial charge in [-0.1, -0.05) is 23.7 Å². The Balaban J connectivity index is 0.00000392. The van der Waals surface area contributed by atoms with Gasteiger partial charge in [-0.05, 0) is 55.3 Å². The van der Waals surface area contributed by atoms with Crippen LogP contribution in [-0.4, -0.2) is 43.2 Å². The molecule has 4 N–H and O–H groups in total. The molecule has 0 aliphatic carbocycles. The van der Waals surface area contributed by atoms with Gasteiger partial charge in [0.05, 0.1) is 0 Å². The highest BCUT2D eigenvalue weighted by atomic mass is 127. The number of carbonyl (C=O) groups excluding carboxylic acids is 1. The summed E-state index contributed by atoms with van der Waals surface area (Å²) in [6.45, 7) is 4.39. The van der Waals surface area contributed by atoms with Gasteiger partial charge in [-0.25, -0.2) is 0 Å². The molecule has 2 aromatic carbocycles. The van der Waals surface area contributed by atoms with Crippen LogP contribution in [0.1, 0.15) is 22.8 Å². The fourth-order valence-electron chi connectivity index (χ4n) is 2.40. The van der Waals surface area contributed by atoms with Gasteiger partial charge in [-0.2, -0.15) is 0 Å². The van der Waals surface area contributed by atoms with E-state index in [0.29, 0.717) is 31.2 Å². The van der Waals surface area contributed by atoms with E-state index in [2.05, 4.69) is 20.9 Å². The molecule has 0 heterocycles. The minimum Gasteiger partial charge on any atom is -0.508 e. The third-order valence-corrected chi connectivity index (χ3v) is 3.97. The van der Waals surface area contributed by atoms with Gasteiger partial charge in [0.25, 0.3) is 5.91 Å². The summed E-state index contributed by atoms with van der Waals surface area (Å²) in [5.74, 6) is 0.663. The number of carbonyl (C=O) groups is 1. The number of phenolic OH excluding ortho intramolecular Hbond substituents is 1. The van der Waals surface area contributed by atoms with Crippen LogP contribution in [0.4, 0.5) is 0 Å². The van der Waals surface area contributed by atoms with E-state index < -0.39 is 0 Å². The molecule has 0 aromatic heterocycles. The summed E-state index contributed by atoms with van der Waals surface area (Å²) in [4.78, 5) is 16.5. The fourth-order valence-corrected chi connectivity index (χ4v) is 2.62. The van der Waals surface area contributed by atoms with Crippen molar-refractivity contribution >= 4 is 47.4 Å². The zero-order valence-corrected chi connectivity index (χ0v) is 18.8. The molecule has 0 aliphatic rings. The average Bonchev–Trinajstić information content (AvgIpc) is 2.65. The molecule has 0 fully saturated rings. The first-order valence-corrected chi connectivity index (χ1v) is 9.30. The van der Waals surface area contributed by atoms with Crippen molar-refractivity contribution in [3.63, 3.8) is 0 Å². The molecule has 0 aliphatic heterocycles. The lowest BCUT2D eigenvalue weighted by molar-refractivity contribution is 0.0954. The minimum absolute atomic E-state index is 0. The van der Waals surface area contributed by atoms with Crippen LogP contribution in [0.25, 0.3) is 0 Å². The van der Waals surface area contributed by atoms with Crippen molar-refractivity contribution in [2.45, 2.75) is 13.3 Å². The largest absolute Gasteiger partial charge is 0.508 e. The van der Waals surface area contributed by atoms with Gasteiger partial charge in [0.2, 0.25) is 0 Å². The quantitative estimate of drug-likeness (QED) is 0.188. The fraction of sp³-hybridized carbons (Fsp3) is 0.300. The van der Waals surface area contributed by atoms with Crippen molar-refractivity contribution in [2.24, 2.45) is 4.99 Å². The van der Waals surface area contributed by atoms with Crippen LogP contribution >= 0.6 is 35.6 Å². The Kier molecular flexibility index (Phi) is 11.4. The molecule has 6 nitrogen and oxygen atoms in total. The van der Waals surface area contributed by atoms with Crippen molar-refractivity contribution in [1.29, 1.82) is 0 Å². The molecule has 2 aromatic rings. The first-order chi connectivity index (χ1) is 13.1. The number of benzene rings is 2. The van der Waals surface area contributed by atoms with E-state index in [9.17, 15) is 9.90 Å². The topological polar surface area (TPSA) is 85.8 Å². The maximum absolute atomic E-state index is 12.0. The van der Waals surface area contributed by atoms with Gasteiger partial charge >= 0.3 is 0 Å². The first kappa shape index (κ1) is 24.0. The molecule has 1 amide bonds. The standard InChI is InChI=1S/C20H25ClN4O2.HI/c1-2-22-20(24-11-10-15-4-3-5-17(21)14-15)25-13-12-23-19(27)16-6-8-18(26)9-7-16;/h3-9,14,26H,2,10-13H2,1H3,(H,23,27)(H2,22,24,25);1H. The van der Waals surface area contributed by atoms with Gasteiger partial charge in [-0.15, -0.1) is 24.0 Å². The maximum Gasteiger partial charge on any atom is 0.251 e. The molecule has 2 rings (SSSR count). The molecule has 0 saturated carbocycles. The first-order valence-electron chi connectivity index (χ1n) is 8.92. The summed E-state index contributed by atoms with van der Waals surface area (Å²) in [6.07, 6.45) is 0.800. The van der Waals surface area contributed by atoms with Crippen molar-refractivity contribution in [3.8, 4) is 5.75 Å². The molecule has 0 spiro atoms. The number of hydrogen-bond acceptors (Lipinski definition) is 3. The number of aromatic hydroxyl groups is 1. The lowest BCUT2D eigenvalue weighted by Gasteiger charge is -2.12. The van der Waals surface area contributed by atoms with Crippen LogP contribution in [-0.2, 0) is 6.42 Å². The van der Waals surface area contributed by atoms with Crippen LogP contribution in [0.15, 0.2) is 53.5 Å². The van der Waals surface area contributed by atoms with E-state index in [1.165, 1.54) is 12.1 Å². The predicted octanol–water partition coefficient (Wildman–Crippen LogP) is 3.19. The number of rotatable bonds is 8. The second-order valence-electron chi connectivity index (χ2n) is 5.87. The van der Waals surface area contributed by atoms with Crippen molar-refractivity contribution in [1.82, 2.24) is 16.0 Å².